The first-order chi connectivity index (χ1) is 10.6. The highest BCUT2D eigenvalue weighted by Crippen LogP contribution is 2.24. The van der Waals surface area contributed by atoms with Gasteiger partial charge in [0.2, 0.25) is 5.78 Å². The largest absolute Gasteiger partial charge is 0.373 e. The lowest BCUT2D eigenvalue weighted by Gasteiger charge is -2.20. The molecule has 2 aliphatic rings. The molecular formula is C13H17N5O4. The van der Waals surface area contributed by atoms with Crippen LogP contribution in [0, 0.1) is 0 Å². The first-order valence-electron chi connectivity index (χ1n) is 7.11. The molecule has 1 aromatic rings. The lowest BCUT2D eigenvalue weighted by Crippen LogP contribution is -2.31. The van der Waals surface area contributed by atoms with Crippen molar-refractivity contribution >= 4 is 17.5 Å². The smallest absolute Gasteiger partial charge is 0.344 e. The Morgan fingerprint density at radius 2 is 2.36 bits per heavy atom. The zero-order chi connectivity index (χ0) is 15.7. The number of ketones is 1. The molecule has 1 unspecified atom stereocenters. The molecule has 0 aromatic carbocycles. The third-order valence-corrected chi connectivity index (χ3v) is 3.58. The third kappa shape index (κ3) is 2.60. The fraction of sp³-hybridized carbons (Fsp3) is 0.538. The number of amides is 2. The summed E-state index contributed by atoms with van der Waals surface area (Å²) in [5, 5.41) is 18.1. The minimum absolute atomic E-state index is 0.0246. The number of nitrogens with zero attached hydrogens (tertiary/aromatic N) is 5. The van der Waals surface area contributed by atoms with Crippen LogP contribution in [0.1, 0.15) is 23.8 Å². The Morgan fingerprint density at radius 1 is 1.55 bits per heavy atom. The predicted octanol–water partition coefficient (Wildman–Crippen LogP) is 0.237. The van der Waals surface area contributed by atoms with E-state index < -0.39 is 12.1 Å². The van der Waals surface area contributed by atoms with Crippen LogP contribution in [0.3, 0.4) is 0 Å². The van der Waals surface area contributed by atoms with Gasteiger partial charge in [0.05, 0.1) is 24.5 Å². The second-order valence-electron chi connectivity index (χ2n) is 5.26. The molecular weight excluding hydrogens is 290 g/mol. The SMILES string of the molecule is CCCOCC(=O)c1cn(C2=CC3CN(C2)C(=O)N3O)nn1. The molecule has 1 atom stereocenters. The molecule has 3 rings (SSSR count). The minimum atomic E-state index is -0.430. The van der Waals surface area contributed by atoms with E-state index >= 15 is 0 Å². The average molecular weight is 307 g/mol. The summed E-state index contributed by atoms with van der Waals surface area (Å²) in [5.74, 6) is -0.237. The Balaban J connectivity index is 1.71. The topological polar surface area (TPSA) is 101 Å². The molecule has 118 valence electrons. The van der Waals surface area contributed by atoms with Crippen molar-refractivity contribution in [3.05, 3.63) is 18.0 Å². The summed E-state index contributed by atoms with van der Waals surface area (Å²) in [6.45, 7) is 3.23. The van der Waals surface area contributed by atoms with Crippen LogP contribution in [-0.2, 0) is 4.74 Å². The molecule has 2 amide bonds. The molecule has 0 aliphatic carbocycles. The Bertz CT molecular complexity index is 626. The molecule has 2 aliphatic heterocycles. The molecule has 1 fully saturated rings. The van der Waals surface area contributed by atoms with Crippen molar-refractivity contribution < 1.29 is 19.5 Å². The van der Waals surface area contributed by atoms with Crippen LogP contribution in [0.2, 0.25) is 0 Å². The first kappa shape index (κ1) is 14.7. The van der Waals surface area contributed by atoms with Crippen molar-refractivity contribution in [3.8, 4) is 0 Å². The van der Waals surface area contributed by atoms with Gasteiger partial charge in [-0.2, -0.15) is 5.06 Å². The highest BCUT2D eigenvalue weighted by atomic mass is 16.5. The van der Waals surface area contributed by atoms with Crippen LogP contribution in [0.15, 0.2) is 12.3 Å². The number of hydrogen-bond acceptors (Lipinski definition) is 6. The number of hydroxylamine groups is 2. The van der Waals surface area contributed by atoms with Gasteiger partial charge in [0.1, 0.15) is 6.61 Å². The van der Waals surface area contributed by atoms with Crippen molar-refractivity contribution in [2.45, 2.75) is 19.4 Å². The van der Waals surface area contributed by atoms with E-state index in [2.05, 4.69) is 10.3 Å². The third-order valence-electron chi connectivity index (χ3n) is 3.58. The first-order valence-corrected chi connectivity index (χ1v) is 7.11. The molecule has 9 nitrogen and oxygen atoms in total. The molecule has 3 heterocycles. The van der Waals surface area contributed by atoms with Crippen LogP contribution in [0.25, 0.3) is 5.70 Å². The number of aromatic nitrogens is 3. The van der Waals surface area contributed by atoms with Crippen molar-refractivity contribution in [2.24, 2.45) is 0 Å². The lowest BCUT2D eigenvalue weighted by atomic mass is 10.2. The van der Waals surface area contributed by atoms with E-state index in [1.54, 1.807) is 6.08 Å². The average Bonchev–Trinajstić information content (AvgIpc) is 3.09. The maximum atomic E-state index is 11.9. The standard InChI is InChI=1S/C13H17N5O4/c1-2-3-22-8-12(19)11-7-17(15-14-11)9-4-10-6-16(5-9)13(20)18(10)21/h4,7,10,21H,2-3,5-6,8H2,1H3. The quantitative estimate of drug-likeness (QED) is 0.459. The predicted molar refractivity (Wildman–Crippen MR) is 74.1 cm³/mol. The molecule has 2 bridgehead atoms. The fourth-order valence-electron chi connectivity index (χ4n) is 2.46. The van der Waals surface area contributed by atoms with Gasteiger partial charge in [-0.3, -0.25) is 10.0 Å². The van der Waals surface area contributed by atoms with Gasteiger partial charge >= 0.3 is 6.03 Å². The summed E-state index contributed by atoms with van der Waals surface area (Å²) in [7, 11) is 0. The van der Waals surface area contributed by atoms with E-state index in [1.165, 1.54) is 15.8 Å². The molecule has 0 spiro atoms. The molecule has 0 radical (unpaired) electrons. The number of ether oxygens (including phenoxy) is 1. The summed E-state index contributed by atoms with van der Waals surface area (Å²) in [4.78, 5) is 25.1. The van der Waals surface area contributed by atoms with Gasteiger partial charge in [-0.1, -0.05) is 12.1 Å². The van der Waals surface area contributed by atoms with E-state index in [0.717, 1.165) is 6.42 Å². The fourth-order valence-corrected chi connectivity index (χ4v) is 2.46. The molecule has 9 heteroatoms. The Labute approximate surface area is 126 Å². The van der Waals surface area contributed by atoms with Gasteiger partial charge in [-0.15, -0.1) is 5.10 Å². The van der Waals surface area contributed by atoms with Crippen molar-refractivity contribution in [2.75, 3.05) is 26.3 Å². The van der Waals surface area contributed by atoms with Gasteiger partial charge in [0.25, 0.3) is 0 Å². The summed E-state index contributed by atoms with van der Waals surface area (Å²) < 4.78 is 6.65. The highest BCUT2D eigenvalue weighted by Gasteiger charge is 2.39. The zero-order valence-electron chi connectivity index (χ0n) is 12.2. The van der Waals surface area contributed by atoms with Gasteiger partial charge in [0, 0.05) is 13.2 Å². The number of rotatable bonds is 6. The Morgan fingerprint density at radius 3 is 3.09 bits per heavy atom. The van der Waals surface area contributed by atoms with Crippen molar-refractivity contribution in [3.63, 3.8) is 0 Å². The van der Waals surface area contributed by atoms with E-state index in [4.69, 9.17) is 4.74 Å². The van der Waals surface area contributed by atoms with Crippen LogP contribution in [0.5, 0.6) is 0 Å². The molecule has 1 saturated heterocycles. The Kier molecular flexibility index (Phi) is 3.90. The number of hydrogen-bond donors (Lipinski definition) is 1. The van der Waals surface area contributed by atoms with Gasteiger partial charge in [0.15, 0.2) is 5.69 Å². The number of carbonyl (C=O) groups is 2. The number of urea groups is 1. The van der Waals surface area contributed by atoms with E-state index in [1.807, 2.05) is 6.92 Å². The summed E-state index contributed by atoms with van der Waals surface area (Å²) in [5.41, 5.74) is 0.916. The van der Waals surface area contributed by atoms with Gasteiger partial charge in [-0.05, 0) is 12.5 Å². The van der Waals surface area contributed by atoms with Crippen molar-refractivity contribution in [1.82, 2.24) is 25.0 Å². The molecule has 1 N–H and O–H groups in total. The van der Waals surface area contributed by atoms with Crippen molar-refractivity contribution in [1.29, 1.82) is 0 Å². The second-order valence-corrected chi connectivity index (χ2v) is 5.26. The number of carbonyl (C=O) groups excluding carboxylic acids is 2. The van der Waals surface area contributed by atoms with E-state index in [0.29, 0.717) is 30.5 Å². The minimum Gasteiger partial charge on any atom is -0.373 e. The van der Waals surface area contributed by atoms with Crippen LogP contribution in [0.4, 0.5) is 4.79 Å². The normalized spacial score (nSPS) is 20.5. The van der Waals surface area contributed by atoms with Crippen LogP contribution >= 0.6 is 0 Å². The zero-order valence-corrected chi connectivity index (χ0v) is 12.2. The summed E-state index contributed by atoms with van der Waals surface area (Å²) >= 11 is 0. The lowest BCUT2D eigenvalue weighted by molar-refractivity contribution is -0.0450. The van der Waals surface area contributed by atoms with Crippen LogP contribution < -0.4 is 0 Å². The molecule has 1 aromatic heterocycles. The molecule has 22 heavy (non-hydrogen) atoms. The van der Waals surface area contributed by atoms with Crippen LogP contribution in [-0.4, -0.2) is 74.3 Å². The second kappa shape index (κ2) is 5.85. The Hall–Kier alpha value is -2.26. The maximum absolute atomic E-state index is 11.9. The van der Waals surface area contributed by atoms with Gasteiger partial charge < -0.3 is 9.64 Å². The highest BCUT2D eigenvalue weighted by molar-refractivity contribution is 5.95. The summed E-state index contributed by atoms with van der Waals surface area (Å²) in [6, 6.07) is -0.826. The maximum Gasteiger partial charge on any atom is 0.344 e. The van der Waals surface area contributed by atoms with E-state index in [-0.39, 0.29) is 18.1 Å². The molecule has 0 saturated carbocycles. The van der Waals surface area contributed by atoms with Gasteiger partial charge in [-0.25, -0.2) is 9.48 Å². The monoisotopic (exact) mass is 307 g/mol. The summed E-state index contributed by atoms with van der Waals surface area (Å²) in [6.07, 6.45) is 4.11. The number of fused-ring (bicyclic) bond motifs is 2. The van der Waals surface area contributed by atoms with E-state index in [9.17, 15) is 14.8 Å². The number of Topliss-reactive ketones (excluding diaryl/α,β-unsaturated/α-hetero) is 1.